The van der Waals surface area contributed by atoms with Crippen LogP contribution in [-0.4, -0.2) is 53.8 Å². The molecule has 1 aliphatic rings. The van der Waals surface area contributed by atoms with Gasteiger partial charge in [0.15, 0.2) is 0 Å². The first-order valence-corrected chi connectivity index (χ1v) is 7.39. The Morgan fingerprint density at radius 2 is 1.75 bits per heavy atom. The topological polar surface area (TPSA) is 78.9 Å². The third-order valence-corrected chi connectivity index (χ3v) is 3.30. The third kappa shape index (κ3) is 6.75. The number of hydrogen-bond acceptors (Lipinski definition) is 3. The zero-order chi connectivity index (χ0) is 15.0. The molecule has 6 heteroatoms. The van der Waals surface area contributed by atoms with Crippen molar-refractivity contribution in [2.24, 2.45) is 0 Å². The lowest BCUT2D eigenvalue weighted by molar-refractivity contribution is -0.137. The first-order valence-electron chi connectivity index (χ1n) is 7.39. The minimum atomic E-state index is -0.742. The van der Waals surface area contributed by atoms with Crippen molar-refractivity contribution < 1.29 is 19.4 Å². The van der Waals surface area contributed by atoms with E-state index in [0.717, 1.165) is 19.3 Å². The molecule has 0 spiro atoms. The van der Waals surface area contributed by atoms with Crippen LogP contribution in [0.1, 0.15) is 46.0 Å². The molecule has 0 saturated carbocycles. The first kappa shape index (κ1) is 16.8. The average molecular weight is 286 g/mol. The van der Waals surface area contributed by atoms with E-state index in [1.54, 1.807) is 4.90 Å². The van der Waals surface area contributed by atoms with Crippen LogP contribution in [0, 0.1) is 0 Å². The summed E-state index contributed by atoms with van der Waals surface area (Å²) in [5.41, 5.74) is 0. The van der Waals surface area contributed by atoms with E-state index < -0.39 is 5.97 Å². The maximum Gasteiger partial charge on any atom is 0.317 e. The summed E-state index contributed by atoms with van der Waals surface area (Å²) in [7, 11) is 0. The van der Waals surface area contributed by atoms with Crippen molar-refractivity contribution in [2.45, 2.75) is 58.2 Å². The molecular formula is C14H26N2O4. The molecule has 1 aliphatic heterocycles. The van der Waals surface area contributed by atoms with Gasteiger partial charge in [0.25, 0.3) is 0 Å². The number of carbonyl (C=O) groups is 2. The van der Waals surface area contributed by atoms with Gasteiger partial charge < -0.3 is 20.1 Å². The largest absolute Gasteiger partial charge is 0.481 e. The second-order valence-corrected chi connectivity index (χ2v) is 5.45. The number of morpholine rings is 1. The van der Waals surface area contributed by atoms with Gasteiger partial charge in [0.2, 0.25) is 0 Å². The van der Waals surface area contributed by atoms with Crippen LogP contribution in [0.25, 0.3) is 0 Å². The van der Waals surface area contributed by atoms with E-state index in [1.807, 2.05) is 13.8 Å². The van der Waals surface area contributed by atoms with Crippen LogP contribution in [0.5, 0.6) is 0 Å². The van der Waals surface area contributed by atoms with Crippen LogP contribution >= 0.6 is 0 Å². The number of rotatable bonds is 7. The molecule has 2 atom stereocenters. The summed E-state index contributed by atoms with van der Waals surface area (Å²) in [6, 6.07) is -0.0301. The molecule has 0 aromatic carbocycles. The lowest BCUT2D eigenvalue weighted by Gasteiger charge is -2.35. The van der Waals surface area contributed by atoms with Crippen LogP contribution in [0.15, 0.2) is 0 Å². The Bertz CT molecular complexity index is 312. The molecule has 2 N–H and O–H groups in total. The Kier molecular flexibility index (Phi) is 7.36. The van der Waals surface area contributed by atoms with Gasteiger partial charge in [0, 0.05) is 26.1 Å². The molecule has 1 saturated heterocycles. The molecule has 2 unspecified atom stereocenters. The average Bonchev–Trinajstić information content (AvgIpc) is 2.35. The number of hydrogen-bond donors (Lipinski definition) is 2. The van der Waals surface area contributed by atoms with Crippen LogP contribution < -0.4 is 5.32 Å². The van der Waals surface area contributed by atoms with Crippen molar-refractivity contribution in [3.8, 4) is 0 Å². The predicted octanol–water partition coefficient (Wildman–Crippen LogP) is 1.84. The molecule has 0 radical (unpaired) electrons. The zero-order valence-corrected chi connectivity index (χ0v) is 12.4. The summed E-state index contributed by atoms with van der Waals surface area (Å²) >= 11 is 0. The number of carboxylic acid groups (broad SMARTS) is 1. The second-order valence-electron chi connectivity index (χ2n) is 5.45. The maximum atomic E-state index is 11.9. The predicted molar refractivity (Wildman–Crippen MR) is 75.7 cm³/mol. The number of carbonyl (C=O) groups excluding carboxylic acids is 1. The number of amides is 2. The van der Waals surface area contributed by atoms with E-state index in [0.29, 0.717) is 26.1 Å². The van der Waals surface area contributed by atoms with Gasteiger partial charge in [0.1, 0.15) is 0 Å². The molecule has 1 rings (SSSR count). The smallest absolute Gasteiger partial charge is 0.317 e. The summed E-state index contributed by atoms with van der Waals surface area (Å²) in [4.78, 5) is 24.1. The molecule has 2 amide bonds. The number of nitrogens with one attached hydrogen (secondary N) is 1. The fraction of sp³-hybridized carbons (Fsp3) is 0.857. The minimum absolute atomic E-state index is 0.0301. The van der Waals surface area contributed by atoms with Crippen molar-refractivity contribution in [3.63, 3.8) is 0 Å². The standard InChI is InChI=1S/C14H26N2O4/c1-11-9-16(10-12(2)20-11)14(19)15-8-6-4-3-5-7-13(17)18/h11-12H,3-10H2,1-2H3,(H,15,19)(H,17,18). The molecule has 20 heavy (non-hydrogen) atoms. The van der Waals surface area contributed by atoms with Crippen molar-refractivity contribution in [3.05, 3.63) is 0 Å². The van der Waals surface area contributed by atoms with Crippen molar-refractivity contribution in [2.75, 3.05) is 19.6 Å². The Labute approximate surface area is 120 Å². The molecular weight excluding hydrogens is 260 g/mol. The molecule has 0 aliphatic carbocycles. The Morgan fingerprint density at radius 1 is 1.15 bits per heavy atom. The number of ether oxygens (including phenoxy) is 1. The molecule has 116 valence electrons. The second kappa shape index (κ2) is 8.79. The van der Waals surface area contributed by atoms with Crippen molar-refractivity contribution in [1.82, 2.24) is 10.2 Å². The van der Waals surface area contributed by atoms with E-state index in [2.05, 4.69) is 5.32 Å². The van der Waals surface area contributed by atoms with Crippen LogP contribution in [0.4, 0.5) is 4.79 Å². The molecule has 1 fully saturated rings. The normalized spacial score (nSPS) is 22.6. The summed E-state index contributed by atoms with van der Waals surface area (Å²) in [5.74, 6) is -0.742. The van der Waals surface area contributed by atoms with Gasteiger partial charge in [-0.2, -0.15) is 0 Å². The summed E-state index contributed by atoms with van der Waals surface area (Å²) in [6.45, 7) is 5.85. The Balaban J connectivity index is 2.06. The van der Waals surface area contributed by atoms with E-state index in [9.17, 15) is 9.59 Å². The number of nitrogens with zero attached hydrogens (tertiary/aromatic N) is 1. The van der Waals surface area contributed by atoms with E-state index >= 15 is 0 Å². The van der Waals surface area contributed by atoms with Gasteiger partial charge in [-0.25, -0.2) is 4.79 Å². The first-order chi connectivity index (χ1) is 9.49. The summed E-state index contributed by atoms with van der Waals surface area (Å²) in [5, 5.41) is 11.4. The SMILES string of the molecule is CC1CN(C(=O)NCCCCCCC(=O)O)CC(C)O1. The fourth-order valence-corrected chi connectivity index (χ4v) is 2.41. The number of unbranched alkanes of at least 4 members (excludes halogenated alkanes) is 3. The summed E-state index contributed by atoms with van der Waals surface area (Å²) in [6.07, 6.45) is 3.84. The molecule has 1 heterocycles. The lowest BCUT2D eigenvalue weighted by Crippen LogP contribution is -2.51. The minimum Gasteiger partial charge on any atom is -0.481 e. The van der Waals surface area contributed by atoms with Crippen LogP contribution in [-0.2, 0) is 9.53 Å². The molecule has 0 bridgehead atoms. The van der Waals surface area contributed by atoms with E-state index in [4.69, 9.17) is 9.84 Å². The highest BCUT2D eigenvalue weighted by Gasteiger charge is 2.25. The van der Waals surface area contributed by atoms with E-state index in [1.165, 1.54) is 0 Å². The number of aliphatic carboxylic acids is 1. The Morgan fingerprint density at radius 3 is 2.35 bits per heavy atom. The molecule has 0 aromatic heterocycles. The van der Waals surface area contributed by atoms with Gasteiger partial charge in [-0.15, -0.1) is 0 Å². The molecule has 0 aromatic rings. The maximum absolute atomic E-state index is 11.9. The number of carboxylic acids is 1. The fourth-order valence-electron chi connectivity index (χ4n) is 2.41. The third-order valence-electron chi connectivity index (χ3n) is 3.30. The van der Waals surface area contributed by atoms with Gasteiger partial charge >= 0.3 is 12.0 Å². The van der Waals surface area contributed by atoms with Crippen LogP contribution in [0.3, 0.4) is 0 Å². The van der Waals surface area contributed by atoms with Crippen LogP contribution in [0.2, 0.25) is 0 Å². The van der Waals surface area contributed by atoms with Gasteiger partial charge in [-0.3, -0.25) is 4.79 Å². The highest BCUT2D eigenvalue weighted by molar-refractivity contribution is 5.74. The van der Waals surface area contributed by atoms with Crippen molar-refractivity contribution >= 4 is 12.0 Å². The molecule has 6 nitrogen and oxygen atoms in total. The summed E-state index contributed by atoms with van der Waals surface area (Å²) < 4.78 is 5.59. The Hall–Kier alpha value is -1.30. The monoisotopic (exact) mass is 286 g/mol. The lowest BCUT2D eigenvalue weighted by atomic mass is 10.1. The van der Waals surface area contributed by atoms with Gasteiger partial charge in [-0.05, 0) is 26.7 Å². The highest BCUT2D eigenvalue weighted by atomic mass is 16.5. The van der Waals surface area contributed by atoms with Crippen molar-refractivity contribution in [1.29, 1.82) is 0 Å². The van der Waals surface area contributed by atoms with Gasteiger partial charge in [0.05, 0.1) is 12.2 Å². The zero-order valence-electron chi connectivity index (χ0n) is 12.4. The highest BCUT2D eigenvalue weighted by Crippen LogP contribution is 2.10. The quantitative estimate of drug-likeness (QED) is 0.700. The van der Waals surface area contributed by atoms with Gasteiger partial charge in [-0.1, -0.05) is 12.8 Å². The number of urea groups is 1. The van der Waals surface area contributed by atoms with E-state index in [-0.39, 0.29) is 24.7 Å².